The number of nitrogens with zero attached hydrogens (tertiary/aromatic N) is 1. The molecule has 1 heterocycles. The molecule has 1 rings (SSSR count). The SMILES string of the molecule is CC(C)c1cc(NC(=O)CCCCl)n[nH]1. The van der Waals surface area contributed by atoms with Crippen LogP contribution >= 0.6 is 11.6 Å². The topological polar surface area (TPSA) is 57.8 Å². The van der Waals surface area contributed by atoms with Crippen molar-refractivity contribution < 1.29 is 4.79 Å². The lowest BCUT2D eigenvalue weighted by atomic mass is 10.1. The highest BCUT2D eigenvalue weighted by atomic mass is 35.5. The van der Waals surface area contributed by atoms with E-state index in [1.54, 1.807) is 0 Å². The van der Waals surface area contributed by atoms with Gasteiger partial charge >= 0.3 is 0 Å². The van der Waals surface area contributed by atoms with E-state index in [0.717, 1.165) is 5.69 Å². The second kappa shape index (κ2) is 5.75. The summed E-state index contributed by atoms with van der Waals surface area (Å²) in [5, 5.41) is 9.58. The van der Waals surface area contributed by atoms with Crippen LogP contribution in [0.25, 0.3) is 0 Å². The van der Waals surface area contributed by atoms with Gasteiger partial charge in [-0.05, 0) is 12.3 Å². The van der Waals surface area contributed by atoms with Crippen LogP contribution < -0.4 is 5.32 Å². The maximum atomic E-state index is 11.3. The molecule has 0 aliphatic rings. The zero-order valence-electron chi connectivity index (χ0n) is 9.01. The Morgan fingerprint density at radius 2 is 2.40 bits per heavy atom. The van der Waals surface area contributed by atoms with Crippen LogP contribution in [-0.2, 0) is 4.79 Å². The summed E-state index contributed by atoms with van der Waals surface area (Å²) in [7, 11) is 0. The number of halogens is 1. The van der Waals surface area contributed by atoms with Crippen molar-refractivity contribution in [3.63, 3.8) is 0 Å². The Kier molecular flexibility index (Phi) is 4.62. The predicted molar refractivity (Wildman–Crippen MR) is 61.3 cm³/mol. The van der Waals surface area contributed by atoms with E-state index in [9.17, 15) is 4.79 Å². The lowest BCUT2D eigenvalue weighted by Gasteiger charge is -1.99. The second-order valence-electron chi connectivity index (χ2n) is 3.70. The number of anilines is 1. The minimum Gasteiger partial charge on any atom is -0.309 e. The first-order valence-electron chi connectivity index (χ1n) is 5.04. The quantitative estimate of drug-likeness (QED) is 0.763. The van der Waals surface area contributed by atoms with E-state index in [0.29, 0.717) is 30.5 Å². The highest BCUT2D eigenvalue weighted by Gasteiger charge is 2.07. The zero-order valence-corrected chi connectivity index (χ0v) is 9.77. The molecule has 0 aromatic carbocycles. The minimum atomic E-state index is -0.0440. The third-order valence-electron chi connectivity index (χ3n) is 2.02. The Labute approximate surface area is 94.4 Å². The lowest BCUT2D eigenvalue weighted by molar-refractivity contribution is -0.116. The van der Waals surface area contributed by atoms with Crippen molar-refractivity contribution in [3.8, 4) is 0 Å². The molecule has 0 aliphatic carbocycles. The molecule has 0 saturated carbocycles. The van der Waals surface area contributed by atoms with Crippen LogP contribution in [0.1, 0.15) is 38.3 Å². The number of aromatic amines is 1. The van der Waals surface area contributed by atoms with Crippen LogP contribution in [0.2, 0.25) is 0 Å². The summed E-state index contributed by atoms with van der Waals surface area (Å²) in [6.07, 6.45) is 1.13. The Hall–Kier alpha value is -1.03. The standard InChI is InChI=1S/C10H16ClN3O/c1-7(2)8-6-9(14-13-8)12-10(15)4-3-5-11/h6-7H,3-5H2,1-2H3,(H2,12,13,14,15). The zero-order chi connectivity index (χ0) is 11.3. The molecule has 0 bridgehead atoms. The third kappa shape index (κ3) is 3.91. The molecule has 0 fully saturated rings. The van der Waals surface area contributed by atoms with Crippen molar-refractivity contribution in [1.29, 1.82) is 0 Å². The smallest absolute Gasteiger partial charge is 0.225 e. The predicted octanol–water partition coefficient (Wildman–Crippen LogP) is 2.49. The molecule has 15 heavy (non-hydrogen) atoms. The number of aromatic nitrogens is 2. The molecule has 1 aromatic heterocycles. The summed E-state index contributed by atoms with van der Waals surface area (Å²) < 4.78 is 0. The summed E-state index contributed by atoms with van der Waals surface area (Å²) in [6.45, 7) is 4.12. The van der Waals surface area contributed by atoms with Crippen LogP contribution in [0.15, 0.2) is 6.07 Å². The molecule has 0 atom stereocenters. The van der Waals surface area contributed by atoms with Gasteiger partial charge in [0.25, 0.3) is 0 Å². The van der Waals surface area contributed by atoms with Crippen molar-refractivity contribution in [2.24, 2.45) is 0 Å². The van der Waals surface area contributed by atoms with Crippen molar-refractivity contribution in [1.82, 2.24) is 10.2 Å². The fraction of sp³-hybridized carbons (Fsp3) is 0.600. The van der Waals surface area contributed by atoms with Gasteiger partial charge in [-0.15, -0.1) is 11.6 Å². The molecule has 0 spiro atoms. The van der Waals surface area contributed by atoms with Crippen molar-refractivity contribution >= 4 is 23.3 Å². The van der Waals surface area contributed by atoms with E-state index in [-0.39, 0.29) is 5.91 Å². The van der Waals surface area contributed by atoms with E-state index >= 15 is 0 Å². The number of amides is 1. The molecule has 1 amide bonds. The number of carbonyl (C=O) groups excluding carboxylic acids is 1. The van der Waals surface area contributed by atoms with Crippen LogP contribution in [0, 0.1) is 0 Å². The lowest BCUT2D eigenvalue weighted by Crippen LogP contribution is -2.11. The molecule has 0 radical (unpaired) electrons. The molecular formula is C10H16ClN3O. The van der Waals surface area contributed by atoms with Gasteiger partial charge in [0.15, 0.2) is 5.82 Å². The summed E-state index contributed by atoms with van der Waals surface area (Å²) in [5.41, 5.74) is 1.02. The molecule has 5 heteroatoms. The van der Waals surface area contributed by atoms with Gasteiger partial charge in [0.2, 0.25) is 5.91 Å². The number of nitrogens with one attached hydrogen (secondary N) is 2. The normalized spacial score (nSPS) is 10.7. The van der Waals surface area contributed by atoms with Crippen LogP contribution in [-0.4, -0.2) is 22.0 Å². The molecule has 4 nitrogen and oxygen atoms in total. The number of carbonyl (C=O) groups is 1. The Morgan fingerprint density at radius 3 is 2.93 bits per heavy atom. The first-order chi connectivity index (χ1) is 7.13. The Bertz CT molecular complexity index is 322. The van der Waals surface area contributed by atoms with E-state index in [4.69, 9.17) is 11.6 Å². The number of hydrogen-bond donors (Lipinski definition) is 2. The van der Waals surface area contributed by atoms with Gasteiger partial charge in [-0.1, -0.05) is 13.8 Å². The van der Waals surface area contributed by atoms with E-state index in [1.807, 2.05) is 6.07 Å². The maximum Gasteiger partial charge on any atom is 0.225 e. The van der Waals surface area contributed by atoms with Crippen molar-refractivity contribution in [2.75, 3.05) is 11.2 Å². The molecule has 2 N–H and O–H groups in total. The molecule has 0 saturated heterocycles. The molecular weight excluding hydrogens is 214 g/mol. The van der Waals surface area contributed by atoms with Crippen molar-refractivity contribution in [3.05, 3.63) is 11.8 Å². The van der Waals surface area contributed by atoms with E-state index in [2.05, 4.69) is 29.4 Å². The van der Waals surface area contributed by atoms with Crippen LogP contribution in [0.5, 0.6) is 0 Å². The van der Waals surface area contributed by atoms with Gasteiger partial charge in [-0.3, -0.25) is 9.89 Å². The Balaban J connectivity index is 2.46. The fourth-order valence-corrected chi connectivity index (χ4v) is 1.26. The van der Waals surface area contributed by atoms with Crippen LogP contribution in [0.4, 0.5) is 5.82 Å². The van der Waals surface area contributed by atoms with Gasteiger partial charge in [-0.2, -0.15) is 5.10 Å². The maximum absolute atomic E-state index is 11.3. The van der Waals surface area contributed by atoms with Gasteiger partial charge < -0.3 is 5.32 Å². The highest BCUT2D eigenvalue weighted by Crippen LogP contribution is 2.14. The summed E-state index contributed by atoms with van der Waals surface area (Å²) >= 11 is 5.49. The Morgan fingerprint density at radius 1 is 1.67 bits per heavy atom. The number of H-pyrrole nitrogens is 1. The first kappa shape index (κ1) is 12.0. The molecule has 0 unspecified atom stereocenters. The van der Waals surface area contributed by atoms with Gasteiger partial charge in [-0.25, -0.2) is 0 Å². The van der Waals surface area contributed by atoms with E-state index in [1.165, 1.54) is 0 Å². The number of hydrogen-bond acceptors (Lipinski definition) is 2. The highest BCUT2D eigenvalue weighted by molar-refractivity contribution is 6.18. The largest absolute Gasteiger partial charge is 0.309 e. The second-order valence-corrected chi connectivity index (χ2v) is 4.08. The van der Waals surface area contributed by atoms with Gasteiger partial charge in [0.1, 0.15) is 0 Å². The fourth-order valence-electron chi connectivity index (χ4n) is 1.13. The van der Waals surface area contributed by atoms with Gasteiger partial charge in [0, 0.05) is 24.1 Å². The molecule has 1 aromatic rings. The minimum absolute atomic E-state index is 0.0440. The summed E-state index contributed by atoms with van der Waals surface area (Å²) in [5.74, 6) is 1.42. The number of rotatable bonds is 5. The average Bonchev–Trinajstić information content (AvgIpc) is 2.63. The first-order valence-corrected chi connectivity index (χ1v) is 5.58. The van der Waals surface area contributed by atoms with E-state index < -0.39 is 0 Å². The number of alkyl halides is 1. The third-order valence-corrected chi connectivity index (χ3v) is 2.29. The average molecular weight is 230 g/mol. The molecule has 84 valence electrons. The monoisotopic (exact) mass is 229 g/mol. The summed E-state index contributed by atoms with van der Waals surface area (Å²) in [4.78, 5) is 11.3. The molecule has 0 aliphatic heterocycles. The van der Waals surface area contributed by atoms with Crippen LogP contribution in [0.3, 0.4) is 0 Å². The summed E-state index contributed by atoms with van der Waals surface area (Å²) in [6, 6.07) is 1.85. The van der Waals surface area contributed by atoms with Crippen molar-refractivity contribution in [2.45, 2.75) is 32.6 Å². The van der Waals surface area contributed by atoms with Gasteiger partial charge in [0.05, 0.1) is 0 Å².